The van der Waals surface area contributed by atoms with Crippen LogP contribution >= 0.6 is 11.3 Å². The Labute approximate surface area is 163 Å². The number of nitrogens with one attached hydrogen (secondary N) is 2. The topological polar surface area (TPSA) is 55.8 Å². The van der Waals surface area contributed by atoms with Crippen molar-refractivity contribution in [1.29, 1.82) is 0 Å². The third kappa shape index (κ3) is 6.85. The van der Waals surface area contributed by atoms with Crippen molar-refractivity contribution >= 4 is 17.3 Å². The Morgan fingerprint density at radius 3 is 2.46 bits per heavy atom. The minimum atomic E-state index is 0.484. The van der Waals surface area contributed by atoms with Gasteiger partial charge in [0.05, 0.1) is 12.2 Å². The molecule has 6 nitrogen and oxygen atoms in total. The average Bonchev–Trinajstić information content (AvgIpc) is 3.12. The summed E-state index contributed by atoms with van der Waals surface area (Å²) in [6.45, 7) is 17.7. The Hall–Kier alpha value is -1.18. The highest BCUT2D eigenvalue weighted by Gasteiger charge is 2.17. The molecule has 2 heterocycles. The van der Waals surface area contributed by atoms with Gasteiger partial charge in [-0.15, -0.1) is 11.3 Å². The predicted molar refractivity (Wildman–Crippen MR) is 112 cm³/mol. The maximum Gasteiger partial charge on any atom is 0.191 e. The van der Waals surface area contributed by atoms with Crippen LogP contribution in [0.4, 0.5) is 0 Å². The zero-order valence-electron chi connectivity index (χ0n) is 17.1. The van der Waals surface area contributed by atoms with E-state index in [1.807, 2.05) is 7.05 Å². The van der Waals surface area contributed by atoms with Gasteiger partial charge in [-0.1, -0.05) is 27.7 Å². The van der Waals surface area contributed by atoms with Crippen molar-refractivity contribution in [1.82, 2.24) is 25.4 Å². The SMILES string of the molecule is CCN1CCN(CC(C)CNC(=NC)NCc2nc(C(C)C)cs2)CC1. The lowest BCUT2D eigenvalue weighted by Gasteiger charge is -2.35. The highest BCUT2D eigenvalue weighted by Crippen LogP contribution is 2.17. The molecule has 0 radical (unpaired) electrons. The summed E-state index contributed by atoms with van der Waals surface area (Å²) in [6, 6.07) is 0. The molecule has 0 aliphatic carbocycles. The van der Waals surface area contributed by atoms with Crippen molar-refractivity contribution in [3.63, 3.8) is 0 Å². The van der Waals surface area contributed by atoms with E-state index in [1.165, 1.54) is 38.4 Å². The first-order chi connectivity index (χ1) is 12.5. The van der Waals surface area contributed by atoms with Crippen LogP contribution in [0.15, 0.2) is 10.4 Å². The summed E-state index contributed by atoms with van der Waals surface area (Å²) in [5.74, 6) is 1.93. The molecular formula is C19H36N6S. The van der Waals surface area contributed by atoms with Crippen LogP contribution in [0.2, 0.25) is 0 Å². The van der Waals surface area contributed by atoms with E-state index in [0.29, 0.717) is 11.8 Å². The normalized spacial score (nSPS) is 18.3. The quantitative estimate of drug-likeness (QED) is 0.535. The number of hydrogen-bond donors (Lipinski definition) is 2. The van der Waals surface area contributed by atoms with Gasteiger partial charge in [0.25, 0.3) is 0 Å². The number of rotatable bonds is 8. The van der Waals surface area contributed by atoms with Gasteiger partial charge in [-0.25, -0.2) is 4.98 Å². The zero-order valence-corrected chi connectivity index (χ0v) is 17.9. The van der Waals surface area contributed by atoms with Crippen molar-refractivity contribution < 1.29 is 0 Å². The fraction of sp³-hybridized carbons (Fsp3) is 0.789. The van der Waals surface area contributed by atoms with Crippen LogP contribution in [0.25, 0.3) is 0 Å². The minimum absolute atomic E-state index is 0.484. The predicted octanol–water partition coefficient (Wildman–Crippen LogP) is 2.21. The van der Waals surface area contributed by atoms with Crippen molar-refractivity contribution in [3.05, 3.63) is 16.1 Å². The van der Waals surface area contributed by atoms with Gasteiger partial charge in [0, 0.05) is 51.7 Å². The summed E-state index contributed by atoms with van der Waals surface area (Å²) in [5.41, 5.74) is 1.17. The van der Waals surface area contributed by atoms with Crippen LogP contribution in [0.1, 0.15) is 44.3 Å². The second kappa shape index (κ2) is 10.8. The van der Waals surface area contributed by atoms with E-state index < -0.39 is 0 Å². The van der Waals surface area contributed by atoms with E-state index >= 15 is 0 Å². The first-order valence-corrected chi connectivity index (χ1v) is 10.7. The van der Waals surface area contributed by atoms with Gasteiger partial charge in [-0.3, -0.25) is 4.99 Å². The lowest BCUT2D eigenvalue weighted by atomic mass is 10.1. The van der Waals surface area contributed by atoms with Crippen molar-refractivity contribution in [2.24, 2.45) is 10.9 Å². The second-order valence-corrected chi connectivity index (χ2v) is 8.41. The lowest BCUT2D eigenvalue weighted by Crippen LogP contribution is -2.48. The Kier molecular flexibility index (Phi) is 8.81. The molecule has 1 aliphatic rings. The molecule has 1 unspecified atom stereocenters. The van der Waals surface area contributed by atoms with Crippen molar-refractivity contribution in [2.75, 3.05) is 52.9 Å². The van der Waals surface area contributed by atoms with Gasteiger partial charge < -0.3 is 20.4 Å². The molecule has 1 fully saturated rings. The maximum absolute atomic E-state index is 4.66. The summed E-state index contributed by atoms with van der Waals surface area (Å²) >= 11 is 1.71. The summed E-state index contributed by atoms with van der Waals surface area (Å²) in [7, 11) is 1.82. The van der Waals surface area contributed by atoms with Crippen LogP contribution in [-0.2, 0) is 6.54 Å². The third-order valence-electron chi connectivity index (χ3n) is 4.89. The molecule has 0 spiro atoms. The smallest absolute Gasteiger partial charge is 0.191 e. The number of thiazole rings is 1. The van der Waals surface area contributed by atoms with Crippen LogP contribution in [0.3, 0.4) is 0 Å². The largest absolute Gasteiger partial charge is 0.356 e. The van der Waals surface area contributed by atoms with Crippen LogP contribution in [-0.4, -0.2) is 73.6 Å². The zero-order chi connectivity index (χ0) is 18.9. The minimum Gasteiger partial charge on any atom is -0.356 e. The molecule has 2 rings (SSSR count). The molecule has 1 aliphatic heterocycles. The van der Waals surface area contributed by atoms with Crippen LogP contribution in [0.5, 0.6) is 0 Å². The fourth-order valence-corrected chi connectivity index (χ4v) is 4.01. The van der Waals surface area contributed by atoms with E-state index in [9.17, 15) is 0 Å². The van der Waals surface area contributed by atoms with E-state index in [1.54, 1.807) is 11.3 Å². The third-order valence-corrected chi connectivity index (χ3v) is 5.76. The first-order valence-electron chi connectivity index (χ1n) is 9.85. The number of aromatic nitrogens is 1. The number of likely N-dealkylation sites (N-methyl/N-ethyl adjacent to an activating group) is 1. The van der Waals surface area contributed by atoms with Gasteiger partial charge in [0.2, 0.25) is 0 Å². The highest BCUT2D eigenvalue weighted by molar-refractivity contribution is 7.09. The standard InChI is InChI=1S/C19H36N6S/c1-6-24-7-9-25(10-8-24)13-16(4)11-21-19(20-5)22-12-18-23-17(14-26-18)15(2)3/h14-16H,6-13H2,1-5H3,(H2,20,21,22). The summed E-state index contributed by atoms with van der Waals surface area (Å²) in [5, 5.41) is 10.1. The number of hydrogen-bond acceptors (Lipinski definition) is 5. The molecule has 148 valence electrons. The van der Waals surface area contributed by atoms with Gasteiger partial charge in [0.1, 0.15) is 5.01 Å². The first kappa shape index (κ1) is 21.1. The van der Waals surface area contributed by atoms with Gasteiger partial charge in [0.15, 0.2) is 5.96 Å². The molecule has 0 aromatic carbocycles. The van der Waals surface area contributed by atoms with Crippen molar-refractivity contribution in [3.8, 4) is 0 Å². The highest BCUT2D eigenvalue weighted by atomic mass is 32.1. The molecule has 7 heteroatoms. The Bertz CT molecular complexity index is 548. The number of guanidine groups is 1. The van der Waals surface area contributed by atoms with Gasteiger partial charge >= 0.3 is 0 Å². The molecule has 0 saturated carbocycles. The van der Waals surface area contributed by atoms with Crippen molar-refractivity contribution in [2.45, 2.75) is 40.2 Å². The summed E-state index contributed by atoms with van der Waals surface area (Å²) in [4.78, 5) is 14.1. The fourth-order valence-electron chi connectivity index (χ4n) is 3.12. The maximum atomic E-state index is 4.66. The summed E-state index contributed by atoms with van der Waals surface area (Å²) in [6.07, 6.45) is 0. The van der Waals surface area contributed by atoms with Crippen LogP contribution < -0.4 is 10.6 Å². The number of nitrogens with zero attached hydrogens (tertiary/aromatic N) is 4. The van der Waals surface area contributed by atoms with Gasteiger partial charge in [-0.2, -0.15) is 0 Å². The lowest BCUT2D eigenvalue weighted by molar-refractivity contribution is 0.124. The number of piperazine rings is 1. The van der Waals surface area contributed by atoms with Gasteiger partial charge in [-0.05, 0) is 18.4 Å². The molecule has 0 bridgehead atoms. The monoisotopic (exact) mass is 380 g/mol. The molecule has 0 amide bonds. The second-order valence-electron chi connectivity index (χ2n) is 7.47. The van der Waals surface area contributed by atoms with E-state index in [0.717, 1.165) is 30.6 Å². The molecule has 1 saturated heterocycles. The number of aliphatic imine (C=N–C) groups is 1. The Balaban J connectivity index is 1.67. The molecule has 1 aromatic heterocycles. The van der Waals surface area contributed by atoms with Crippen LogP contribution in [0, 0.1) is 5.92 Å². The van der Waals surface area contributed by atoms with E-state index in [-0.39, 0.29) is 0 Å². The molecule has 1 aromatic rings. The Morgan fingerprint density at radius 2 is 1.88 bits per heavy atom. The Morgan fingerprint density at radius 1 is 1.19 bits per heavy atom. The molecule has 1 atom stereocenters. The molecule has 2 N–H and O–H groups in total. The molecular weight excluding hydrogens is 344 g/mol. The van der Waals surface area contributed by atoms with E-state index in [2.05, 4.69) is 63.5 Å². The summed E-state index contributed by atoms with van der Waals surface area (Å²) < 4.78 is 0. The molecule has 26 heavy (non-hydrogen) atoms. The van der Waals surface area contributed by atoms with E-state index in [4.69, 9.17) is 0 Å². The average molecular weight is 381 g/mol.